The van der Waals surface area contributed by atoms with Crippen molar-refractivity contribution < 1.29 is 9.53 Å². The molecule has 0 aromatic heterocycles. The Labute approximate surface area is 120 Å². The molecule has 0 spiro atoms. The van der Waals surface area contributed by atoms with Crippen molar-refractivity contribution in [1.82, 2.24) is 10.6 Å². The highest BCUT2D eigenvalue weighted by Gasteiger charge is 2.12. The number of rotatable bonds is 7. The monoisotopic (exact) mass is 274 g/mol. The zero-order chi connectivity index (χ0) is 15.0. The minimum absolute atomic E-state index is 0.0308. The van der Waals surface area contributed by atoms with E-state index in [1.165, 1.54) is 0 Å². The summed E-state index contributed by atoms with van der Waals surface area (Å²) in [5.74, 6) is 2.87. The second-order valence-corrected chi connectivity index (χ2v) is 4.59. The Balaban J connectivity index is 2.74. The molecule has 20 heavy (non-hydrogen) atoms. The largest absolute Gasteiger partial charge is 0.483 e. The van der Waals surface area contributed by atoms with Crippen LogP contribution in [0.25, 0.3) is 0 Å². The van der Waals surface area contributed by atoms with Crippen molar-refractivity contribution in [1.29, 1.82) is 0 Å². The molecule has 1 atom stereocenters. The fourth-order valence-electron chi connectivity index (χ4n) is 1.88. The third-order valence-electron chi connectivity index (χ3n) is 2.89. The highest BCUT2D eigenvalue weighted by atomic mass is 16.5. The van der Waals surface area contributed by atoms with Gasteiger partial charge in [-0.05, 0) is 32.0 Å². The van der Waals surface area contributed by atoms with E-state index in [4.69, 9.17) is 11.2 Å². The molecule has 2 N–H and O–H groups in total. The van der Waals surface area contributed by atoms with Crippen LogP contribution in [-0.4, -0.2) is 25.6 Å². The molecule has 0 bridgehead atoms. The Kier molecular flexibility index (Phi) is 6.61. The third-order valence-corrected chi connectivity index (χ3v) is 2.89. The fraction of sp³-hybridized carbons (Fsp3) is 0.438. The highest BCUT2D eigenvalue weighted by molar-refractivity contribution is 5.77. The maximum Gasteiger partial charge on any atom is 0.258 e. The van der Waals surface area contributed by atoms with Gasteiger partial charge in [0.2, 0.25) is 0 Å². The summed E-state index contributed by atoms with van der Waals surface area (Å²) in [6.07, 6.45) is 5.09. The summed E-state index contributed by atoms with van der Waals surface area (Å²) in [5, 5.41) is 5.91. The second kappa shape index (κ2) is 8.23. The first kappa shape index (κ1) is 16.1. The van der Waals surface area contributed by atoms with Crippen molar-refractivity contribution in [3.05, 3.63) is 29.3 Å². The van der Waals surface area contributed by atoms with Gasteiger partial charge in [-0.15, -0.1) is 6.42 Å². The van der Waals surface area contributed by atoms with E-state index >= 15 is 0 Å². The van der Waals surface area contributed by atoms with Crippen LogP contribution in [0.1, 0.15) is 31.0 Å². The van der Waals surface area contributed by atoms with Gasteiger partial charge < -0.3 is 15.4 Å². The number of carbonyl (C=O) groups is 1. The van der Waals surface area contributed by atoms with Crippen LogP contribution in [0.4, 0.5) is 0 Å². The van der Waals surface area contributed by atoms with Gasteiger partial charge in [-0.2, -0.15) is 0 Å². The molecule has 1 unspecified atom stereocenters. The first-order valence-corrected chi connectivity index (χ1v) is 6.75. The summed E-state index contributed by atoms with van der Waals surface area (Å²) >= 11 is 0. The van der Waals surface area contributed by atoms with Gasteiger partial charge in [0.25, 0.3) is 5.91 Å². The van der Waals surface area contributed by atoms with E-state index in [1.54, 1.807) is 0 Å². The van der Waals surface area contributed by atoms with Gasteiger partial charge in [-0.3, -0.25) is 4.79 Å². The van der Waals surface area contributed by atoms with E-state index in [9.17, 15) is 4.79 Å². The lowest BCUT2D eigenvalue weighted by molar-refractivity contribution is -0.122. The van der Waals surface area contributed by atoms with Gasteiger partial charge in [0.1, 0.15) is 5.75 Å². The van der Waals surface area contributed by atoms with Gasteiger partial charge >= 0.3 is 0 Å². The molecule has 108 valence electrons. The topological polar surface area (TPSA) is 50.4 Å². The summed E-state index contributed by atoms with van der Waals surface area (Å²) in [6, 6.07) is 6.17. The molecule has 0 saturated heterocycles. The van der Waals surface area contributed by atoms with Crippen LogP contribution in [-0.2, 0) is 4.79 Å². The van der Waals surface area contributed by atoms with Crippen molar-refractivity contribution in [2.45, 2.75) is 26.8 Å². The van der Waals surface area contributed by atoms with Gasteiger partial charge in [0, 0.05) is 11.6 Å². The minimum Gasteiger partial charge on any atom is -0.483 e. The molecule has 1 amide bonds. The smallest absolute Gasteiger partial charge is 0.258 e. The van der Waals surface area contributed by atoms with Crippen molar-refractivity contribution in [3.8, 4) is 18.1 Å². The molecule has 0 aliphatic rings. The number of hydrogen-bond acceptors (Lipinski definition) is 3. The normalized spacial score (nSPS) is 11.5. The molecule has 0 saturated carbocycles. The molecular weight excluding hydrogens is 252 g/mol. The number of benzene rings is 1. The van der Waals surface area contributed by atoms with Crippen LogP contribution < -0.4 is 15.4 Å². The van der Waals surface area contributed by atoms with E-state index in [0.717, 1.165) is 23.4 Å². The van der Waals surface area contributed by atoms with Crippen molar-refractivity contribution in [3.63, 3.8) is 0 Å². The SMILES string of the molecule is C#CCNC(=O)COc1cc(C)ccc1C(C)NCC. The minimum atomic E-state index is -0.216. The zero-order valence-electron chi connectivity index (χ0n) is 12.3. The maximum absolute atomic E-state index is 11.5. The molecule has 1 aromatic carbocycles. The van der Waals surface area contributed by atoms with Gasteiger partial charge in [0.05, 0.1) is 6.54 Å². The molecular formula is C16H22N2O2. The number of nitrogens with one attached hydrogen (secondary N) is 2. The summed E-state index contributed by atoms with van der Waals surface area (Å²) in [5.41, 5.74) is 2.14. The molecule has 4 nitrogen and oxygen atoms in total. The zero-order valence-corrected chi connectivity index (χ0v) is 12.3. The van der Waals surface area contributed by atoms with Gasteiger partial charge in [-0.1, -0.05) is 25.0 Å². The lowest BCUT2D eigenvalue weighted by atomic mass is 10.0. The molecule has 1 aromatic rings. The van der Waals surface area contributed by atoms with Crippen molar-refractivity contribution in [2.75, 3.05) is 19.7 Å². The number of amides is 1. The number of aryl methyl sites for hydroxylation is 1. The Morgan fingerprint density at radius 2 is 2.25 bits per heavy atom. The first-order chi connectivity index (χ1) is 9.58. The van der Waals surface area contributed by atoms with Crippen LogP contribution in [0.2, 0.25) is 0 Å². The Hall–Kier alpha value is -1.99. The van der Waals surface area contributed by atoms with E-state index in [-0.39, 0.29) is 25.1 Å². The Bertz CT molecular complexity index is 492. The van der Waals surface area contributed by atoms with Crippen molar-refractivity contribution >= 4 is 5.91 Å². The standard InChI is InChI=1S/C16H22N2O2/c1-5-9-18-16(19)11-20-15-10-12(3)7-8-14(15)13(4)17-6-2/h1,7-8,10,13,17H,6,9,11H2,2-4H3,(H,18,19). The Morgan fingerprint density at radius 3 is 2.90 bits per heavy atom. The number of carbonyl (C=O) groups excluding carboxylic acids is 1. The van der Waals surface area contributed by atoms with E-state index in [1.807, 2.05) is 25.1 Å². The van der Waals surface area contributed by atoms with Crippen LogP contribution >= 0.6 is 0 Å². The van der Waals surface area contributed by atoms with E-state index in [2.05, 4.69) is 30.4 Å². The lowest BCUT2D eigenvalue weighted by Crippen LogP contribution is -2.29. The van der Waals surface area contributed by atoms with E-state index in [0.29, 0.717) is 0 Å². The van der Waals surface area contributed by atoms with Crippen LogP contribution in [0.15, 0.2) is 18.2 Å². The number of terminal acetylenes is 1. The van der Waals surface area contributed by atoms with Crippen LogP contribution in [0.3, 0.4) is 0 Å². The fourth-order valence-corrected chi connectivity index (χ4v) is 1.88. The molecule has 0 aliphatic heterocycles. The molecule has 4 heteroatoms. The van der Waals surface area contributed by atoms with E-state index < -0.39 is 0 Å². The molecule has 0 aliphatic carbocycles. The molecule has 0 fully saturated rings. The maximum atomic E-state index is 11.5. The van der Waals surface area contributed by atoms with Gasteiger partial charge in [0.15, 0.2) is 6.61 Å². The highest BCUT2D eigenvalue weighted by Crippen LogP contribution is 2.26. The quantitative estimate of drug-likeness (QED) is 0.745. The lowest BCUT2D eigenvalue weighted by Gasteiger charge is -2.18. The summed E-state index contributed by atoms with van der Waals surface area (Å²) in [4.78, 5) is 11.5. The predicted molar refractivity (Wildman–Crippen MR) is 80.6 cm³/mol. The van der Waals surface area contributed by atoms with Crippen molar-refractivity contribution in [2.24, 2.45) is 0 Å². The average molecular weight is 274 g/mol. The molecule has 0 radical (unpaired) electrons. The second-order valence-electron chi connectivity index (χ2n) is 4.59. The summed E-state index contributed by atoms with van der Waals surface area (Å²) < 4.78 is 5.62. The van der Waals surface area contributed by atoms with Gasteiger partial charge in [-0.25, -0.2) is 0 Å². The number of hydrogen-bond donors (Lipinski definition) is 2. The number of ether oxygens (including phenoxy) is 1. The first-order valence-electron chi connectivity index (χ1n) is 6.75. The third kappa shape index (κ3) is 4.94. The average Bonchev–Trinajstić information content (AvgIpc) is 2.43. The summed E-state index contributed by atoms with van der Waals surface area (Å²) in [6.45, 7) is 7.18. The Morgan fingerprint density at radius 1 is 1.50 bits per heavy atom. The molecule has 0 heterocycles. The predicted octanol–water partition coefficient (Wildman–Crippen LogP) is 1.79. The molecule has 1 rings (SSSR count). The summed E-state index contributed by atoms with van der Waals surface area (Å²) in [7, 11) is 0. The van der Waals surface area contributed by atoms with Crippen LogP contribution in [0.5, 0.6) is 5.75 Å². The van der Waals surface area contributed by atoms with Crippen LogP contribution in [0, 0.1) is 19.3 Å².